The largest absolute Gasteiger partial charge is 0.497 e. The Kier molecular flexibility index (Phi) is 3.94. The zero-order valence-corrected chi connectivity index (χ0v) is 12.7. The van der Waals surface area contributed by atoms with E-state index in [0.717, 1.165) is 28.0 Å². The van der Waals surface area contributed by atoms with E-state index in [9.17, 15) is 5.26 Å². The lowest BCUT2D eigenvalue weighted by Crippen LogP contribution is -1.99. The van der Waals surface area contributed by atoms with Crippen LogP contribution in [0.4, 0.5) is 5.82 Å². The van der Waals surface area contributed by atoms with E-state index in [1.54, 1.807) is 13.3 Å². The van der Waals surface area contributed by atoms with Gasteiger partial charge in [-0.1, -0.05) is 42.5 Å². The first kappa shape index (κ1) is 14.6. The van der Waals surface area contributed by atoms with Crippen LogP contribution in [0.25, 0.3) is 22.3 Å². The summed E-state index contributed by atoms with van der Waals surface area (Å²) in [5, 5.41) is 9.54. The fraction of sp³-hybridized carbons (Fsp3) is 0.0526. The van der Waals surface area contributed by atoms with Gasteiger partial charge in [0.15, 0.2) is 0 Å². The Morgan fingerprint density at radius 2 is 1.70 bits per heavy atom. The number of pyridine rings is 1. The highest BCUT2D eigenvalue weighted by Crippen LogP contribution is 2.36. The smallest absolute Gasteiger partial charge is 0.141 e. The minimum Gasteiger partial charge on any atom is -0.497 e. The zero-order chi connectivity index (χ0) is 16.2. The summed E-state index contributed by atoms with van der Waals surface area (Å²) in [6, 6.07) is 19.6. The lowest BCUT2D eigenvalue weighted by molar-refractivity contribution is 0.415. The number of rotatable bonds is 3. The van der Waals surface area contributed by atoms with Gasteiger partial charge in [0, 0.05) is 17.3 Å². The highest BCUT2D eigenvalue weighted by molar-refractivity contribution is 5.89. The van der Waals surface area contributed by atoms with Crippen LogP contribution in [0, 0.1) is 11.3 Å². The highest BCUT2D eigenvalue weighted by atomic mass is 16.5. The first-order valence-electron chi connectivity index (χ1n) is 7.13. The summed E-state index contributed by atoms with van der Waals surface area (Å²) in [5.74, 6) is 0.994. The van der Waals surface area contributed by atoms with Crippen molar-refractivity contribution in [3.05, 3.63) is 66.4 Å². The SMILES string of the molecule is COc1ccc(-c2c(-c3ccccc3)cnc(N)c2C#N)cc1. The summed E-state index contributed by atoms with van der Waals surface area (Å²) in [7, 11) is 1.62. The Morgan fingerprint density at radius 3 is 2.30 bits per heavy atom. The second-order valence-corrected chi connectivity index (χ2v) is 5.01. The summed E-state index contributed by atoms with van der Waals surface area (Å²) in [6.07, 6.45) is 1.71. The van der Waals surface area contributed by atoms with Gasteiger partial charge in [-0.05, 0) is 23.3 Å². The Balaban J connectivity index is 2.28. The van der Waals surface area contributed by atoms with E-state index in [0.29, 0.717) is 5.56 Å². The molecule has 3 aromatic rings. The van der Waals surface area contributed by atoms with Gasteiger partial charge in [0.25, 0.3) is 0 Å². The molecular weight excluding hydrogens is 286 g/mol. The molecule has 0 atom stereocenters. The molecule has 0 saturated carbocycles. The predicted octanol–water partition coefficient (Wildman–Crippen LogP) is 3.88. The summed E-state index contributed by atoms with van der Waals surface area (Å²) < 4.78 is 5.20. The van der Waals surface area contributed by atoms with Gasteiger partial charge in [-0.2, -0.15) is 5.26 Å². The van der Waals surface area contributed by atoms with E-state index < -0.39 is 0 Å². The molecule has 0 fully saturated rings. The van der Waals surface area contributed by atoms with Gasteiger partial charge in [0.1, 0.15) is 23.2 Å². The predicted molar refractivity (Wildman–Crippen MR) is 90.8 cm³/mol. The molecule has 0 aliphatic rings. The molecule has 4 nitrogen and oxygen atoms in total. The van der Waals surface area contributed by atoms with Gasteiger partial charge in [-0.25, -0.2) is 4.98 Å². The molecule has 0 radical (unpaired) electrons. The van der Waals surface area contributed by atoms with Crippen LogP contribution in [-0.4, -0.2) is 12.1 Å². The topological polar surface area (TPSA) is 71.9 Å². The monoisotopic (exact) mass is 301 g/mol. The minimum absolute atomic E-state index is 0.234. The number of nitrogens with zero attached hydrogens (tertiary/aromatic N) is 2. The number of hydrogen-bond acceptors (Lipinski definition) is 4. The molecule has 0 unspecified atom stereocenters. The molecule has 112 valence electrons. The van der Waals surface area contributed by atoms with Crippen LogP contribution in [0.2, 0.25) is 0 Å². The van der Waals surface area contributed by atoms with Crippen LogP contribution in [0.15, 0.2) is 60.8 Å². The molecule has 0 aliphatic carbocycles. The first-order valence-corrected chi connectivity index (χ1v) is 7.13. The van der Waals surface area contributed by atoms with Crippen LogP contribution < -0.4 is 10.5 Å². The molecule has 23 heavy (non-hydrogen) atoms. The van der Waals surface area contributed by atoms with Gasteiger partial charge in [-0.15, -0.1) is 0 Å². The maximum Gasteiger partial charge on any atom is 0.141 e. The zero-order valence-electron chi connectivity index (χ0n) is 12.7. The minimum atomic E-state index is 0.234. The van der Waals surface area contributed by atoms with Crippen LogP contribution in [0.5, 0.6) is 5.75 Å². The molecular formula is C19H15N3O. The maximum absolute atomic E-state index is 9.54. The van der Waals surface area contributed by atoms with E-state index in [1.165, 1.54) is 0 Å². The maximum atomic E-state index is 9.54. The molecule has 1 heterocycles. The molecule has 2 aromatic carbocycles. The van der Waals surface area contributed by atoms with Crippen molar-refractivity contribution in [2.75, 3.05) is 12.8 Å². The molecule has 0 amide bonds. The van der Waals surface area contributed by atoms with E-state index in [1.807, 2.05) is 54.6 Å². The van der Waals surface area contributed by atoms with E-state index >= 15 is 0 Å². The quantitative estimate of drug-likeness (QED) is 0.797. The molecule has 0 bridgehead atoms. The molecule has 0 aliphatic heterocycles. The number of anilines is 1. The molecule has 0 saturated heterocycles. The number of ether oxygens (including phenoxy) is 1. The Labute approximate surface area is 134 Å². The van der Waals surface area contributed by atoms with Gasteiger partial charge >= 0.3 is 0 Å². The van der Waals surface area contributed by atoms with E-state index in [-0.39, 0.29) is 5.82 Å². The summed E-state index contributed by atoms with van der Waals surface area (Å²) >= 11 is 0. The number of aromatic nitrogens is 1. The van der Waals surface area contributed by atoms with Gasteiger partial charge < -0.3 is 10.5 Å². The normalized spacial score (nSPS) is 10.1. The fourth-order valence-electron chi connectivity index (χ4n) is 2.53. The fourth-order valence-corrected chi connectivity index (χ4v) is 2.53. The molecule has 0 spiro atoms. The highest BCUT2D eigenvalue weighted by Gasteiger charge is 2.16. The number of nitrogen functional groups attached to an aromatic ring is 1. The number of nitriles is 1. The van der Waals surface area contributed by atoms with Crippen molar-refractivity contribution in [2.45, 2.75) is 0 Å². The summed E-state index contributed by atoms with van der Waals surface area (Å²) in [6.45, 7) is 0. The summed E-state index contributed by atoms with van der Waals surface area (Å²) in [5.41, 5.74) is 9.85. The lowest BCUT2D eigenvalue weighted by atomic mass is 9.92. The molecule has 1 aromatic heterocycles. The number of methoxy groups -OCH3 is 1. The van der Waals surface area contributed by atoms with Crippen molar-refractivity contribution in [1.82, 2.24) is 4.98 Å². The number of nitrogens with two attached hydrogens (primary N) is 1. The van der Waals surface area contributed by atoms with E-state index in [4.69, 9.17) is 10.5 Å². The second-order valence-electron chi connectivity index (χ2n) is 5.01. The average molecular weight is 301 g/mol. The van der Waals surface area contributed by atoms with Gasteiger partial charge in [-0.3, -0.25) is 0 Å². The van der Waals surface area contributed by atoms with Crippen molar-refractivity contribution >= 4 is 5.82 Å². The molecule has 2 N–H and O–H groups in total. The van der Waals surface area contributed by atoms with Crippen LogP contribution in [0.1, 0.15) is 5.56 Å². The van der Waals surface area contributed by atoms with Crippen molar-refractivity contribution in [3.8, 4) is 34.1 Å². The van der Waals surface area contributed by atoms with E-state index in [2.05, 4.69) is 11.1 Å². The second kappa shape index (κ2) is 6.20. The van der Waals surface area contributed by atoms with Gasteiger partial charge in [0.2, 0.25) is 0 Å². The number of benzene rings is 2. The third kappa shape index (κ3) is 2.72. The van der Waals surface area contributed by atoms with Crippen LogP contribution in [-0.2, 0) is 0 Å². The van der Waals surface area contributed by atoms with Crippen LogP contribution >= 0.6 is 0 Å². The molecule has 4 heteroatoms. The third-order valence-electron chi connectivity index (χ3n) is 3.68. The van der Waals surface area contributed by atoms with Crippen molar-refractivity contribution in [3.63, 3.8) is 0 Å². The summed E-state index contributed by atoms with van der Waals surface area (Å²) in [4.78, 5) is 4.18. The van der Waals surface area contributed by atoms with Gasteiger partial charge in [0.05, 0.1) is 7.11 Å². The average Bonchev–Trinajstić information content (AvgIpc) is 2.62. The first-order chi connectivity index (χ1) is 11.2. The Morgan fingerprint density at radius 1 is 1.00 bits per heavy atom. The molecule has 3 rings (SSSR count). The van der Waals surface area contributed by atoms with Crippen molar-refractivity contribution < 1.29 is 4.74 Å². The van der Waals surface area contributed by atoms with Crippen molar-refractivity contribution in [2.24, 2.45) is 0 Å². The Bertz CT molecular complexity index is 866. The van der Waals surface area contributed by atoms with Crippen LogP contribution in [0.3, 0.4) is 0 Å². The number of hydrogen-bond donors (Lipinski definition) is 1. The standard InChI is InChI=1S/C19H15N3O/c1-23-15-9-7-14(8-10-15)18-16(11-20)19(21)22-12-17(18)13-5-3-2-4-6-13/h2-10,12H,1H3,(H2,21,22). The lowest BCUT2D eigenvalue weighted by Gasteiger charge is -2.13. The van der Waals surface area contributed by atoms with Crippen molar-refractivity contribution in [1.29, 1.82) is 5.26 Å². The third-order valence-corrected chi connectivity index (χ3v) is 3.68. The Hall–Kier alpha value is -3.32.